The van der Waals surface area contributed by atoms with Gasteiger partial charge in [0.1, 0.15) is 0 Å². The Labute approximate surface area is 97.6 Å². The van der Waals surface area contributed by atoms with E-state index in [-0.39, 0.29) is 31.8 Å². The van der Waals surface area contributed by atoms with Gasteiger partial charge in [0.05, 0.1) is 0 Å². The molecule has 82 valence electrons. The van der Waals surface area contributed by atoms with Crippen LogP contribution in [0.5, 0.6) is 0 Å². The van der Waals surface area contributed by atoms with Gasteiger partial charge < -0.3 is 0 Å². The van der Waals surface area contributed by atoms with Crippen molar-refractivity contribution in [3.8, 4) is 0 Å². The van der Waals surface area contributed by atoms with Crippen LogP contribution in [0.1, 0.15) is 25.5 Å². The molecule has 0 spiro atoms. The van der Waals surface area contributed by atoms with Crippen molar-refractivity contribution in [3.63, 3.8) is 0 Å². The Morgan fingerprint density at radius 2 is 2.00 bits per heavy atom. The zero-order chi connectivity index (χ0) is 11.5. The van der Waals surface area contributed by atoms with E-state index in [0.29, 0.717) is 0 Å². The van der Waals surface area contributed by atoms with Crippen LogP contribution in [0.25, 0.3) is 0 Å². The van der Waals surface area contributed by atoms with Crippen LogP contribution in [0, 0.1) is 0 Å². The molecular formula is C11H8O4Se. The van der Waals surface area contributed by atoms with Crippen molar-refractivity contribution in [2.24, 2.45) is 0 Å². The molecule has 0 fully saturated rings. The monoisotopic (exact) mass is 284 g/mol. The van der Waals surface area contributed by atoms with Crippen molar-refractivity contribution in [3.05, 3.63) is 45.2 Å². The van der Waals surface area contributed by atoms with Gasteiger partial charge >= 0.3 is 97.3 Å². The zero-order valence-electron chi connectivity index (χ0n) is 8.43. The molecule has 0 aliphatic heterocycles. The van der Waals surface area contributed by atoms with Gasteiger partial charge in [-0.25, -0.2) is 0 Å². The summed E-state index contributed by atoms with van der Waals surface area (Å²) in [5, 5.41) is 0. The second kappa shape index (κ2) is 4.51. The van der Waals surface area contributed by atoms with E-state index in [1.165, 1.54) is 19.2 Å². The first-order valence-electron chi connectivity index (χ1n) is 4.48. The average Bonchev–Trinajstić information content (AvgIpc) is 2.97. The number of furan rings is 1. The van der Waals surface area contributed by atoms with E-state index >= 15 is 0 Å². The van der Waals surface area contributed by atoms with E-state index in [0.717, 1.165) is 4.44 Å². The van der Waals surface area contributed by atoms with E-state index in [4.69, 9.17) is 4.42 Å². The standard InChI is InChI=1S/C11H8O4Se/c1-14-11(13)8-5-4-7(15-8)10(12)9-3-2-6-16-9/h2-6H,1H3. The summed E-state index contributed by atoms with van der Waals surface area (Å²) in [6, 6.07) is 6.54. The Balaban J connectivity index is 2.26. The molecule has 2 heterocycles. The minimum atomic E-state index is -0.580. The number of esters is 1. The first-order valence-corrected chi connectivity index (χ1v) is 6.33. The fourth-order valence-electron chi connectivity index (χ4n) is 1.20. The fourth-order valence-corrected chi connectivity index (χ4v) is 2.60. The van der Waals surface area contributed by atoms with Gasteiger partial charge in [0, 0.05) is 0 Å². The summed E-state index contributed by atoms with van der Waals surface area (Å²) < 4.78 is 10.3. The van der Waals surface area contributed by atoms with Gasteiger partial charge in [0.25, 0.3) is 0 Å². The minimum absolute atomic E-state index is 0.0462. The number of hydrogen-bond donors (Lipinski definition) is 0. The third kappa shape index (κ3) is 2.01. The van der Waals surface area contributed by atoms with Crippen LogP contribution in [0.2, 0.25) is 0 Å². The molecule has 0 saturated heterocycles. The molecular weight excluding hydrogens is 275 g/mol. The van der Waals surface area contributed by atoms with Crippen molar-refractivity contribution in [2.75, 3.05) is 7.11 Å². The Bertz CT molecular complexity index is 510. The topological polar surface area (TPSA) is 56.5 Å². The van der Waals surface area contributed by atoms with Crippen molar-refractivity contribution in [1.82, 2.24) is 0 Å². The van der Waals surface area contributed by atoms with E-state index < -0.39 is 5.97 Å². The molecule has 0 aliphatic carbocycles. The Hall–Kier alpha value is -1.58. The summed E-state index contributed by atoms with van der Waals surface area (Å²) >= 11 is 0.0648. The van der Waals surface area contributed by atoms with E-state index in [9.17, 15) is 9.59 Å². The van der Waals surface area contributed by atoms with Gasteiger partial charge in [0.2, 0.25) is 0 Å². The quantitative estimate of drug-likeness (QED) is 0.485. The predicted molar refractivity (Wildman–Crippen MR) is 56.9 cm³/mol. The first-order chi connectivity index (χ1) is 7.72. The molecule has 0 N–H and O–H groups in total. The molecule has 0 aromatic carbocycles. The maximum absolute atomic E-state index is 11.8. The summed E-state index contributed by atoms with van der Waals surface area (Å²) in [5.74, 6) is -0.523. The van der Waals surface area contributed by atoms with Crippen LogP contribution < -0.4 is 0 Å². The molecule has 0 bridgehead atoms. The molecule has 0 unspecified atom stereocenters. The predicted octanol–water partition coefficient (Wildman–Crippen LogP) is 1.35. The molecule has 0 amide bonds. The number of rotatable bonds is 3. The number of carbonyl (C=O) groups excluding carboxylic acids is 2. The van der Waals surface area contributed by atoms with Crippen molar-refractivity contribution in [1.29, 1.82) is 0 Å². The molecule has 4 nitrogen and oxygen atoms in total. The SMILES string of the molecule is COC(=O)c1ccc(C(=O)c2ccc[se]2)o1. The number of methoxy groups -OCH3 is 1. The first kappa shape index (κ1) is 10.9. The summed E-state index contributed by atoms with van der Waals surface area (Å²) in [4.78, 5) is 24.9. The van der Waals surface area contributed by atoms with Crippen LogP contribution in [-0.2, 0) is 4.74 Å². The second-order valence-corrected chi connectivity index (χ2v) is 4.95. The van der Waals surface area contributed by atoms with Crippen LogP contribution in [0.15, 0.2) is 33.6 Å². The number of hydrogen-bond acceptors (Lipinski definition) is 4. The van der Waals surface area contributed by atoms with Gasteiger partial charge in [-0.1, -0.05) is 0 Å². The Morgan fingerprint density at radius 3 is 2.62 bits per heavy atom. The summed E-state index contributed by atoms with van der Waals surface area (Å²) in [6.45, 7) is 0. The Kier molecular flexibility index (Phi) is 3.08. The van der Waals surface area contributed by atoms with Crippen molar-refractivity contribution >= 4 is 26.3 Å². The third-order valence-corrected chi connectivity index (χ3v) is 3.78. The van der Waals surface area contributed by atoms with Crippen LogP contribution >= 0.6 is 0 Å². The second-order valence-electron chi connectivity index (χ2n) is 2.96. The molecule has 2 aromatic rings. The van der Waals surface area contributed by atoms with E-state index in [2.05, 4.69) is 4.74 Å². The molecule has 16 heavy (non-hydrogen) atoms. The van der Waals surface area contributed by atoms with Crippen molar-refractivity contribution < 1.29 is 18.7 Å². The number of ether oxygens (including phenoxy) is 1. The Morgan fingerprint density at radius 1 is 1.25 bits per heavy atom. The van der Waals surface area contributed by atoms with Gasteiger partial charge in [-0.15, -0.1) is 0 Å². The molecule has 5 heteroatoms. The van der Waals surface area contributed by atoms with Crippen LogP contribution in [-0.4, -0.2) is 33.4 Å². The van der Waals surface area contributed by atoms with Gasteiger partial charge in [-0.3, -0.25) is 0 Å². The average molecular weight is 283 g/mol. The molecule has 0 aliphatic rings. The van der Waals surface area contributed by atoms with Crippen LogP contribution in [0.4, 0.5) is 0 Å². The number of ketones is 1. The normalized spacial score (nSPS) is 10.1. The van der Waals surface area contributed by atoms with Gasteiger partial charge in [-0.05, 0) is 0 Å². The number of carbonyl (C=O) groups is 2. The molecule has 0 saturated carbocycles. The third-order valence-electron chi connectivity index (χ3n) is 1.96. The molecule has 2 rings (SSSR count). The summed E-state index contributed by atoms with van der Waals surface area (Å²) in [5.41, 5.74) is 0. The summed E-state index contributed by atoms with van der Waals surface area (Å²) in [6.07, 6.45) is 0. The van der Waals surface area contributed by atoms with E-state index in [1.807, 2.05) is 11.0 Å². The maximum atomic E-state index is 11.8. The molecule has 0 atom stereocenters. The zero-order valence-corrected chi connectivity index (χ0v) is 10.1. The van der Waals surface area contributed by atoms with Gasteiger partial charge in [0.15, 0.2) is 0 Å². The van der Waals surface area contributed by atoms with Crippen LogP contribution in [0.3, 0.4) is 0 Å². The van der Waals surface area contributed by atoms with Gasteiger partial charge in [-0.2, -0.15) is 0 Å². The van der Waals surface area contributed by atoms with E-state index in [1.54, 1.807) is 6.07 Å². The molecule has 0 radical (unpaired) electrons. The molecule has 2 aromatic heterocycles. The fraction of sp³-hybridized carbons (Fsp3) is 0.0909. The van der Waals surface area contributed by atoms with Crippen molar-refractivity contribution in [2.45, 2.75) is 0 Å². The summed E-state index contributed by atoms with van der Waals surface area (Å²) in [7, 11) is 1.26.